The van der Waals surface area contributed by atoms with Gasteiger partial charge in [-0.25, -0.2) is 4.79 Å². The molecule has 1 amide bonds. The highest BCUT2D eigenvalue weighted by atomic mass is 16.5. The van der Waals surface area contributed by atoms with Gasteiger partial charge in [0.1, 0.15) is 19.0 Å². The van der Waals surface area contributed by atoms with Gasteiger partial charge in [-0.3, -0.25) is 4.79 Å². The molecule has 0 saturated heterocycles. The number of amides is 1. The van der Waals surface area contributed by atoms with E-state index in [4.69, 9.17) is 19.6 Å². The first-order valence-electron chi connectivity index (χ1n) is 7.93. The fourth-order valence-corrected chi connectivity index (χ4v) is 2.29. The van der Waals surface area contributed by atoms with Crippen LogP contribution < -0.4 is 10.5 Å². The predicted molar refractivity (Wildman–Crippen MR) is 93.6 cm³/mol. The topological polar surface area (TPSA) is 91.8 Å². The Morgan fingerprint density at radius 1 is 0.923 bits per heavy atom. The summed E-state index contributed by atoms with van der Waals surface area (Å²) in [6.45, 7) is 0.246. The third kappa shape index (κ3) is 4.30. The number of esters is 1. The SMILES string of the molecule is NC(=O)c1ccc(COC(=O)c2occc2COc2ccccc2)cc1. The van der Waals surface area contributed by atoms with Crippen molar-refractivity contribution in [3.63, 3.8) is 0 Å². The van der Waals surface area contributed by atoms with E-state index in [1.165, 1.54) is 6.26 Å². The van der Waals surface area contributed by atoms with Crippen LogP contribution in [0.5, 0.6) is 5.75 Å². The molecule has 2 N–H and O–H groups in total. The monoisotopic (exact) mass is 351 g/mol. The van der Waals surface area contributed by atoms with Gasteiger partial charge in [-0.1, -0.05) is 30.3 Å². The normalized spacial score (nSPS) is 10.3. The highest BCUT2D eigenvalue weighted by Crippen LogP contribution is 2.17. The number of carbonyl (C=O) groups is 2. The highest BCUT2D eigenvalue weighted by molar-refractivity contribution is 5.92. The number of primary amides is 1. The van der Waals surface area contributed by atoms with Crippen molar-refractivity contribution in [3.05, 3.63) is 89.4 Å². The van der Waals surface area contributed by atoms with Gasteiger partial charge in [-0.2, -0.15) is 0 Å². The van der Waals surface area contributed by atoms with Crippen LogP contribution in [0.25, 0.3) is 0 Å². The average Bonchev–Trinajstić information content (AvgIpc) is 3.14. The zero-order valence-corrected chi connectivity index (χ0v) is 13.9. The minimum absolute atomic E-state index is 0.0531. The Morgan fingerprint density at radius 2 is 1.65 bits per heavy atom. The summed E-state index contributed by atoms with van der Waals surface area (Å²) in [6, 6.07) is 17.5. The fraction of sp³-hybridized carbons (Fsp3) is 0.100. The van der Waals surface area contributed by atoms with Crippen LogP contribution in [0.1, 0.15) is 32.0 Å². The maximum absolute atomic E-state index is 12.2. The van der Waals surface area contributed by atoms with Crippen LogP contribution >= 0.6 is 0 Å². The molecule has 1 heterocycles. The van der Waals surface area contributed by atoms with E-state index in [1.54, 1.807) is 30.3 Å². The Balaban J connectivity index is 1.58. The summed E-state index contributed by atoms with van der Waals surface area (Å²) in [5, 5.41) is 0. The lowest BCUT2D eigenvalue weighted by Gasteiger charge is -2.07. The largest absolute Gasteiger partial charge is 0.489 e. The molecule has 0 atom stereocenters. The number of hydrogen-bond acceptors (Lipinski definition) is 5. The van der Waals surface area contributed by atoms with Gasteiger partial charge in [0, 0.05) is 11.1 Å². The summed E-state index contributed by atoms with van der Waals surface area (Å²) >= 11 is 0. The zero-order valence-electron chi connectivity index (χ0n) is 13.9. The van der Waals surface area contributed by atoms with Gasteiger partial charge in [-0.05, 0) is 35.9 Å². The third-order valence-electron chi connectivity index (χ3n) is 3.68. The number of carbonyl (C=O) groups excluding carboxylic acids is 2. The molecule has 0 spiro atoms. The molecule has 6 heteroatoms. The van der Waals surface area contributed by atoms with Crippen LogP contribution in [0.15, 0.2) is 71.3 Å². The Morgan fingerprint density at radius 3 is 2.35 bits per heavy atom. The van der Waals surface area contributed by atoms with Crippen LogP contribution in [0.3, 0.4) is 0 Å². The maximum Gasteiger partial charge on any atom is 0.374 e. The molecular formula is C20H17NO5. The van der Waals surface area contributed by atoms with Gasteiger partial charge in [0.05, 0.1) is 6.26 Å². The molecule has 0 unspecified atom stereocenters. The molecule has 0 radical (unpaired) electrons. The van der Waals surface area contributed by atoms with Crippen LogP contribution in [-0.2, 0) is 18.0 Å². The molecular weight excluding hydrogens is 334 g/mol. The maximum atomic E-state index is 12.2. The molecule has 132 valence electrons. The number of rotatable bonds is 7. The van der Waals surface area contributed by atoms with Crippen molar-refractivity contribution in [3.8, 4) is 5.75 Å². The Labute approximate surface area is 150 Å². The lowest BCUT2D eigenvalue weighted by atomic mass is 10.1. The van der Waals surface area contributed by atoms with Crippen LogP contribution in [0.4, 0.5) is 0 Å². The van der Waals surface area contributed by atoms with Gasteiger partial charge < -0.3 is 19.6 Å². The average molecular weight is 351 g/mol. The summed E-state index contributed by atoms with van der Waals surface area (Å²) in [6.07, 6.45) is 1.42. The van der Waals surface area contributed by atoms with Gasteiger partial charge in [0.15, 0.2) is 0 Å². The first kappa shape index (κ1) is 17.3. The molecule has 2 aromatic carbocycles. The van der Waals surface area contributed by atoms with Gasteiger partial charge in [0.25, 0.3) is 0 Å². The first-order chi connectivity index (χ1) is 12.6. The molecule has 1 aromatic heterocycles. The molecule has 0 saturated carbocycles. The summed E-state index contributed by atoms with van der Waals surface area (Å²) in [4.78, 5) is 23.3. The second-order valence-corrected chi connectivity index (χ2v) is 5.51. The molecule has 6 nitrogen and oxygen atoms in total. The number of hydrogen-bond donors (Lipinski definition) is 1. The molecule has 26 heavy (non-hydrogen) atoms. The molecule has 3 aromatic rings. The summed E-state index contributed by atoms with van der Waals surface area (Å²) in [5.41, 5.74) is 6.92. The fourth-order valence-electron chi connectivity index (χ4n) is 2.29. The Kier molecular flexibility index (Phi) is 5.34. The minimum Gasteiger partial charge on any atom is -0.489 e. The summed E-state index contributed by atoms with van der Waals surface area (Å²) in [5.74, 6) is -0.287. The second kappa shape index (κ2) is 8.02. The van der Waals surface area contributed by atoms with E-state index in [1.807, 2.05) is 30.3 Å². The number of furan rings is 1. The molecule has 0 fully saturated rings. The molecule has 3 rings (SSSR count). The van der Waals surface area contributed by atoms with E-state index in [9.17, 15) is 9.59 Å². The van der Waals surface area contributed by atoms with Crippen molar-refractivity contribution in [2.24, 2.45) is 5.73 Å². The van der Waals surface area contributed by atoms with Gasteiger partial charge >= 0.3 is 5.97 Å². The van der Waals surface area contributed by atoms with Crippen molar-refractivity contribution in [1.29, 1.82) is 0 Å². The van der Waals surface area contributed by atoms with E-state index < -0.39 is 11.9 Å². The van der Waals surface area contributed by atoms with Crippen molar-refractivity contribution in [2.45, 2.75) is 13.2 Å². The van der Waals surface area contributed by atoms with Crippen LogP contribution in [-0.4, -0.2) is 11.9 Å². The zero-order chi connectivity index (χ0) is 18.4. The van der Waals surface area contributed by atoms with Crippen molar-refractivity contribution in [2.75, 3.05) is 0 Å². The summed E-state index contributed by atoms with van der Waals surface area (Å²) < 4.78 is 16.1. The molecule has 0 aliphatic rings. The number of nitrogens with two attached hydrogens (primary N) is 1. The molecule has 0 aliphatic carbocycles. The Bertz CT molecular complexity index is 884. The minimum atomic E-state index is -0.583. The van der Waals surface area contributed by atoms with E-state index in [-0.39, 0.29) is 19.0 Å². The van der Waals surface area contributed by atoms with E-state index in [0.29, 0.717) is 16.9 Å². The third-order valence-corrected chi connectivity index (χ3v) is 3.68. The molecule has 0 bridgehead atoms. The van der Waals surface area contributed by atoms with Crippen LogP contribution in [0.2, 0.25) is 0 Å². The standard InChI is InChI=1S/C20H17NO5/c21-19(22)15-8-6-14(7-9-15)12-26-20(23)18-16(10-11-24-18)13-25-17-4-2-1-3-5-17/h1-11H,12-13H2,(H2,21,22). The predicted octanol–water partition coefficient (Wildman–Crippen LogP) is 3.31. The van der Waals surface area contributed by atoms with E-state index in [0.717, 1.165) is 5.56 Å². The number of para-hydroxylation sites is 1. The van der Waals surface area contributed by atoms with E-state index >= 15 is 0 Å². The smallest absolute Gasteiger partial charge is 0.374 e. The van der Waals surface area contributed by atoms with Crippen molar-refractivity contribution < 1.29 is 23.5 Å². The highest BCUT2D eigenvalue weighted by Gasteiger charge is 2.17. The lowest BCUT2D eigenvalue weighted by Crippen LogP contribution is -2.11. The Hall–Kier alpha value is -3.54. The molecule has 0 aliphatic heterocycles. The quantitative estimate of drug-likeness (QED) is 0.659. The second-order valence-electron chi connectivity index (χ2n) is 5.51. The van der Waals surface area contributed by atoms with Crippen LogP contribution in [0, 0.1) is 0 Å². The number of ether oxygens (including phenoxy) is 2. The lowest BCUT2D eigenvalue weighted by molar-refractivity contribution is 0.0432. The number of benzene rings is 2. The van der Waals surface area contributed by atoms with Crippen molar-refractivity contribution >= 4 is 11.9 Å². The summed E-state index contributed by atoms with van der Waals surface area (Å²) in [7, 11) is 0. The first-order valence-corrected chi connectivity index (χ1v) is 7.93. The van der Waals surface area contributed by atoms with Crippen molar-refractivity contribution in [1.82, 2.24) is 0 Å². The van der Waals surface area contributed by atoms with Gasteiger partial charge in [0.2, 0.25) is 11.7 Å². The van der Waals surface area contributed by atoms with E-state index in [2.05, 4.69) is 0 Å². The van der Waals surface area contributed by atoms with Gasteiger partial charge in [-0.15, -0.1) is 0 Å².